The first-order valence-corrected chi connectivity index (χ1v) is 6.65. The molecule has 1 atom stereocenters. The second-order valence-corrected chi connectivity index (χ2v) is 4.48. The van der Waals surface area contributed by atoms with E-state index in [0.717, 1.165) is 25.7 Å². The van der Waals surface area contributed by atoms with Crippen LogP contribution in [-0.2, 0) is 4.74 Å². The number of hydrogen-bond acceptors (Lipinski definition) is 4. The quantitative estimate of drug-likeness (QED) is 0.316. The van der Waals surface area contributed by atoms with Gasteiger partial charge in [0.05, 0.1) is 7.11 Å². The summed E-state index contributed by atoms with van der Waals surface area (Å²) in [5.74, 6) is 0.115. The van der Waals surface area contributed by atoms with Crippen molar-refractivity contribution in [1.29, 1.82) is 0 Å². The number of nitrogens with zero attached hydrogens (tertiary/aromatic N) is 2. The molecule has 0 aromatic heterocycles. The van der Waals surface area contributed by atoms with Crippen LogP contribution in [0.3, 0.4) is 0 Å². The van der Waals surface area contributed by atoms with Crippen molar-refractivity contribution in [2.24, 2.45) is 22.2 Å². The molecule has 0 bridgehead atoms. The maximum absolute atomic E-state index is 11.5. The van der Waals surface area contributed by atoms with Crippen LogP contribution >= 0.6 is 0 Å². The average molecular weight is 273 g/mol. The first-order chi connectivity index (χ1) is 9.01. The number of carbonyl (C=O) groups is 1. The van der Waals surface area contributed by atoms with Gasteiger partial charge in [0.25, 0.3) is 0 Å². The van der Waals surface area contributed by atoms with Crippen molar-refractivity contribution in [2.75, 3.05) is 26.7 Å². The van der Waals surface area contributed by atoms with Gasteiger partial charge in [0.2, 0.25) is 0 Å². The normalized spacial score (nSPS) is 11.7. The highest BCUT2D eigenvalue weighted by Crippen LogP contribution is 2.04. The second-order valence-electron chi connectivity index (χ2n) is 4.48. The SMILES string of the molecule is CCCN(CC(N)CCCCN=C(N)N)C(=O)OC. The van der Waals surface area contributed by atoms with Crippen LogP contribution in [-0.4, -0.2) is 49.7 Å². The molecule has 7 nitrogen and oxygen atoms in total. The van der Waals surface area contributed by atoms with E-state index in [1.54, 1.807) is 4.90 Å². The summed E-state index contributed by atoms with van der Waals surface area (Å²) in [4.78, 5) is 17.0. The van der Waals surface area contributed by atoms with Gasteiger partial charge in [0.1, 0.15) is 0 Å². The number of methoxy groups -OCH3 is 1. The number of aliphatic imine (C=N–C) groups is 1. The lowest BCUT2D eigenvalue weighted by molar-refractivity contribution is 0.120. The Morgan fingerprint density at radius 2 is 2.05 bits per heavy atom. The van der Waals surface area contributed by atoms with Crippen LogP contribution in [0.25, 0.3) is 0 Å². The summed E-state index contributed by atoms with van der Waals surface area (Å²) in [6, 6.07) is -0.0511. The van der Waals surface area contributed by atoms with Crippen LogP contribution in [0.1, 0.15) is 32.6 Å². The summed E-state index contributed by atoms with van der Waals surface area (Å²) in [5.41, 5.74) is 16.5. The van der Waals surface area contributed by atoms with Crippen molar-refractivity contribution in [3.63, 3.8) is 0 Å². The van der Waals surface area contributed by atoms with Gasteiger partial charge < -0.3 is 26.8 Å². The zero-order chi connectivity index (χ0) is 14.7. The molecule has 0 saturated carbocycles. The van der Waals surface area contributed by atoms with Crippen LogP contribution in [0.5, 0.6) is 0 Å². The van der Waals surface area contributed by atoms with Gasteiger partial charge in [-0.05, 0) is 19.3 Å². The van der Waals surface area contributed by atoms with Gasteiger partial charge in [0, 0.05) is 25.7 Å². The Balaban J connectivity index is 3.89. The Kier molecular flexibility index (Phi) is 9.60. The van der Waals surface area contributed by atoms with Gasteiger partial charge in [-0.25, -0.2) is 4.79 Å². The molecule has 7 heteroatoms. The fraction of sp³-hybridized carbons (Fsp3) is 0.833. The minimum Gasteiger partial charge on any atom is -0.453 e. The predicted octanol–water partition coefficient (Wildman–Crippen LogP) is 0.236. The number of amides is 1. The monoisotopic (exact) mass is 273 g/mol. The van der Waals surface area contributed by atoms with Crippen molar-refractivity contribution >= 4 is 12.1 Å². The van der Waals surface area contributed by atoms with E-state index < -0.39 is 0 Å². The number of rotatable bonds is 9. The number of carbonyl (C=O) groups excluding carboxylic acids is 1. The van der Waals surface area contributed by atoms with Crippen molar-refractivity contribution in [2.45, 2.75) is 38.6 Å². The van der Waals surface area contributed by atoms with Gasteiger partial charge in [0.15, 0.2) is 5.96 Å². The van der Waals surface area contributed by atoms with Crippen LogP contribution in [0, 0.1) is 0 Å². The third-order valence-electron chi connectivity index (χ3n) is 2.66. The van der Waals surface area contributed by atoms with Gasteiger partial charge in [-0.2, -0.15) is 0 Å². The molecule has 0 aromatic rings. The van der Waals surface area contributed by atoms with E-state index in [1.165, 1.54) is 7.11 Å². The number of unbranched alkanes of at least 4 members (excludes halogenated alkanes) is 1. The maximum Gasteiger partial charge on any atom is 0.409 e. The van der Waals surface area contributed by atoms with E-state index in [1.807, 2.05) is 6.92 Å². The summed E-state index contributed by atoms with van der Waals surface area (Å²) in [5, 5.41) is 0. The lowest BCUT2D eigenvalue weighted by Gasteiger charge is -2.24. The lowest BCUT2D eigenvalue weighted by Crippen LogP contribution is -2.41. The van der Waals surface area contributed by atoms with Gasteiger partial charge in [-0.15, -0.1) is 0 Å². The number of nitrogens with two attached hydrogens (primary N) is 3. The van der Waals surface area contributed by atoms with Crippen LogP contribution in [0.15, 0.2) is 4.99 Å². The molecule has 6 N–H and O–H groups in total. The highest BCUT2D eigenvalue weighted by atomic mass is 16.5. The van der Waals surface area contributed by atoms with Gasteiger partial charge in [-0.3, -0.25) is 4.99 Å². The number of ether oxygens (including phenoxy) is 1. The third kappa shape index (κ3) is 9.12. The summed E-state index contributed by atoms with van der Waals surface area (Å²) in [6.45, 7) is 3.80. The second kappa shape index (κ2) is 10.4. The predicted molar refractivity (Wildman–Crippen MR) is 76.8 cm³/mol. The highest BCUT2D eigenvalue weighted by molar-refractivity contribution is 5.75. The molecule has 0 spiro atoms. The number of guanidine groups is 1. The van der Waals surface area contributed by atoms with E-state index >= 15 is 0 Å². The molecular weight excluding hydrogens is 246 g/mol. The Morgan fingerprint density at radius 3 is 2.58 bits per heavy atom. The van der Waals surface area contributed by atoms with Gasteiger partial charge in [-0.1, -0.05) is 13.3 Å². The topological polar surface area (TPSA) is 120 Å². The minimum absolute atomic E-state index is 0.0511. The van der Waals surface area contributed by atoms with E-state index in [-0.39, 0.29) is 18.1 Å². The molecule has 0 fully saturated rings. The smallest absolute Gasteiger partial charge is 0.409 e. The summed E-state index contributed by atoms with van der Waals surface area (Å²) in [6.07, 6.45) is 3.21. The van der Waals surface area contributed by atoms with E-state index in [4.69, 9.17) is 21.9 Å². The molecule has 0 aliphatic rings. The molecule has 112 valence electrons. The largest absolute Gasteiger partial charge is 0.453 e. The number of hydrogen-bond donors (Lipinski definition) is 3. The maximum atomic E-state index is 11.5. The molecule has 1 amide bonds. The third-order valence-corrected chi connectivity index (χ3v) is 2.66. The zero-order valence-corrected chi connectivity index (χ0v) is 12.0. The fourth-order valence-corrected chi connectivity index (χ4v) is 1.76. The Hall–Kier alpha value is -1.50. The summed E-state index contributed by atoms with van der Waals surface area (Å²) in [7, 11) is 1.38. The Bertz CT molecular complexity index is 279. The van der Waals surface area contributed by atoms with E-state index in [2.05, 4.69) is 4.99 Å². The Morgan fingerprint density at radius 1 is 1.37 bits per heavy atom. The summed E-state index contributed by atoms with van der Waals surface area (Å²) >= 11 is 0. The standard InChI is InChI=1S/C12H27N5O2/c1-3-8-17(12(18)19-2)9-10(13)6-4-5-7-16-11(14)15/h10H,3-9,13H2,1-2H3,(H4,14,15,16). The molecule has 0 heterocycles. The Labute approximate surface area is 115 Å². The molecule has 0 aliphatic heterocycles. The fourth-order valence-electron chi connectivity index (χ4n) is 1.76. The molecule has 0 rings (SSSR count). The highest BCUT2D eigenvalue weighted by Gasteiger charge is 2.15. The van der Waals surface area contributed by atoms with Crippen molar-refractivity contribution in [1.82, 2.24) is 4.90 Å². The average Bonchev–Trinajstić information content (AvgIpc) is 2.36. The van der Waals surface area contributed by atoms with Crippen LogP contribution in [0.4, 0.5) is 4.79 Å². The van der Waals surface area contributed by atoms with Crippen molar-refractivity contribution in [3.05, 3.63) is 0 Å². The molecule has 0 aromatic carbocycles. The van der Waals surface area contributed by atoms with Crippen LogP contribution in [0.2, 0.25) is 0 Å². The molecule has 0 saturated heterocycles. The minimum atomic E-state index is -0.321. The van der Waals surface area contributed by atoms with Crippen molar-refractivity contribution in [3.8, 4) is 0 Å². The lowest BCUT2D eigenvalue weighted by atomic mass is 10.1. The van der Waals surface area contributed by atoms with Gasteiger partial charge >= 0.3 is 6.09 Å². The van der Waals surface area contributed by atoms with E-state index in [9.17, 15) is 4.79 Å². The zero-order valence-electron chi connectivity index (χ0n) is 12.0. The molecule has 0 radical (unpaired) electrons. The molecule has 0 aliphatic carbocycles. The molecule has 1 unspecified atom stereocenters. The molecule has 19 heavy (non-hydrogen) atoms. The first-order valence-electron chi connectivity index (χ1n) is 6.65. The molecular formula is C12H27N5O2. The first kappa shape index (κ1) is 17.5. The summed E-state index contributed by atoms with van der Waals surface area (Å²) < 4.78 is 4.72. The van der Waals surface area contributed by atoms with Crippen molar-refractivity contribution < 1.29 is 9.53 Å². The van der Waals surface area contributed by atoms with E-state index in [0.29, 0.717) is 19.6 Å². The van der Waals surface area contributed by atoms with Crippen LogP contribution < -0.4 is 17.2 Å².